The van der Waals surface area contributed by atoms with Gasteiger partial charge >= 0.3 is 18.0 Å². The number of carbonyl (C=O) groups is 2. The summed E-state index contributed by atoms with van der Waals surface area (Å²) < 4.78 is 44.2. The molecule has 2 amide bonds. The molecule has 2 aromatic rings. The van der Waals surface area contributed by atoms with Crippen LogP contribution in [0, 0.1) is 0 Å². The van der Waals surface area contributed by atoms with E-state index in [1.807, 2.05) is 12.1 Å². The number of carbonyl (C=O) groups excluding carboxylic acids is 2. The largest absolute Gasteiger partial charge is 0.416 e. The van der Waals surface area contributed by atoms with Crippen LogP contribution in [0.5, 0.6) is 0 Å². The summed E-state index contributed by atoms with van der Waals surface area (Å²) in [6.45, 7) is 3.80. The summed E-state index contributed by atoms with van der Waals surface area (Å²) in [6.07, 6.45) is -2.81. The van der Waals surface area contributed by atoms with E-state index >= 15 is 0 Å². The molecule has 1 atom stereocenters. The van der Waals surface area contributed by atoms with Crippen molar-refractivity contribution in [3.8, 4) is 0 Å². The SMILES string of the molecule is CC[C@@H]1OCCNc2ccc(CCNC(=O)C(=O)NCCc3cccc(C(F)(F)F)c3)cc21. The molecular formula is C24H28F3N3O3. The first-order valence-corrected chi connectivity index (χ1v) is 11.0. The molecule has 0 aromatic heterocycles. The second-order valence-electron chi connectivity index (χ2n) is 7.83. The van der Waals surface area contributed by atoms with Crippen LogP contribution in [0.1, 0.15) is 41.7 Å². The number of alkyl halides is 3. The predicted octanol–water partition coefficient (Wildman–Crippen LogP) is 3.62. The molecular weight excluding hydrogens is 435 g/mol. The third-order valence-electron chi connectivity index (χ3n) is 5.43. The van der Waals surface area contributed by atoms with Crippen molar-refractivity contribution in [1.82, 2.24) is 10.6 Å². The number of benzene rings is 2. The molecule has 0 saturated carbocycles. The first-order chi connectivity index (χ1) is 15.8. The molecule has 0 saturated heterocycles. The van der Waals surface area contributed by atoms with E-state index in [0.29, 0.717) is 18.6 Å². The minimum absolute atomic E-state index is 0.0205. The van der Waals surface area contributed by atoms with E-state index in [2.05, 4.69) is 28.9 Å². The Morgan fingerprint density at radius 3 is 2.33 bits per heavy atom. The minimum atomic E-state index is -4.42. The lowest BCUT2D eigenvalue weighted by Crippen LogP contribution is -2.41. The fourth-order valence-corrected chi connectivity index (χ4v) is 3.71. The van der Waals surface area contributed by atoms with E-state index < -0.39 is 23.6 Å². The number of nitrogens with one attached hydrogen (secondary N) is 3. The van der Waals surface area contributed by atoms with Crippen molar-refractivity contribution in [2.45, 2.75) is 38.5 Å². The number of fused-ring (bicyclic) bond motifs is 1. The highest BCUT2D eigenvalue weighted by Crippen LogP contribution is 2.31. The Kier molecular flexibility index (Phi) is 8.32. The van der Waals surface area contributed by atoms with Gasteiger partial charge in [0.05, 0.1) is 18.3 Å². The number of rotatable bonds is 7. The van der Waals surface area contributed by atoms with Gasteiger partial charge in [-0.3, -0.25) is 9.59 Å². The van der Waals surface area contributed by atoms with Crippen LogP contribution in [0.3, 0.4) is 0 Å². The first kappa shape index (κ1) is 24.6. The maximum Gasteiger partial charge on any atom is 0.416 e. The molecule has 3 rings (SSSR count). The predicted molar refractivity (Wildman–Crippen MR) is 119 cm³/mol. The molecule has 0 unspecified atom stereocenters. The van der Waals surface area contributed by atoms with Gasteiger partial charge in [0.1, 0.15) is 0 Å². The van der Waals surface area contributed by atoms with Crippen molar-refractivity contribution in [1.29, 1.82) is 0 Å². The van der Waals surface area contributed by atoms with Crippen molar-refractivity contribution in [2.75, 3.05) is 31.6 Å². The Morgan fingerprint density at radius 1 is 1.03 bits per heavy atom. The molecule has 3 N–H and O–H groups in total. The van der Waals surface area contributed by atoms with Gasteiger partial charge in [-0.05, 0) is 42.5 Å². The molecule has 0 bridgehead atoms. The lowest BCUT2D eigenvalue weighted by molar-refractivity contribution is -0.139. The molecule has 1 aliphatic rings. The number of amides is 2. The van der Waals surface area contributed by atoms with Crippen molar-refractivity contribution < 1.29 is 27.5 Å². The first-order valence-electron chi connectivity index (χ1n) is 11.0. The van der Waals surface area contributed by atoms with Crippen molar-refractivity contribution >= 4 is 17.5 Å². The lowest BCUT2D eigenvalue weighted by atomic mass is 10.0. The van der Waals surface area contributed by atoms with Crippen LogP contribution in [-0.2, 0) is 33.3 Å². The average molecular weight is 464 g/mol. The summed E-state index contributed by atoms with van der Waals surface area (Å²) in [5, 5.41) is 8.37. The zero-order valence-corrected chi connectivity index (χ0v) is 18.4. The Bertz CT molecular complexity index is 979. The van der Waals surface area contributed by atoms with Crippen molar-refractivity contribution in [3.05, 3.63) is 64.7 Å². The van der Waals surface area contributed by atoms with E-state index in [0.717, 1.165) is 41.9 Å². The normalized spacial score (nSPS) is 15.7. The van der Waals surface area contributed by atoms with Gasteiger partial charge < -0.3 is 20.7 Å². The van der Waals surface area contributed by atoms with Crippen LogP contribution in [0.25, 0.3) is 0 Å². The summed E-state index contributed by atoms with van der Waals surface area (Å²) in [6, 6.07) is 10.9. The van der Waals surface area contributed by atoms with Crippen LogP contribution in [0.15, 0.2) is 42.5 Å². The molecule has 33 heavy (non-hydrogen) atoms. The summed E-state index contributed by atoms with van der Waals surface area (Å²) in [4.78, 5) is 24.0. The molecule has 178 valence electrons. The average Bonchev–Trinajstić information content (AvgIpc) is 3.00. The van der Waals surface area contributed by atoms with Gasteiger partial charge in [0.15, 0.2) is 0 Å². The third-order valence-corrected chi connectivity index (χ3v) is 5.43. The van der Waals surface area contributed by atoms with Crippen LogP contribution >= 0.6 is 0 Å². The topological polar surface area (TPSA) is 79.5 Å². The molecule has 9 heteroatoms. The van der Waals surface area contributed by atoms with Gasteiger partial charge in [-0.15, -0.1) is 0 Å². The van der Waals surface area contributed by atoms with Crippen LogP contribution < -0.4 is 16.0 Å². The van der Waals surface area contributed by atoms with Gasteiger partial charge in [-0.1, -0.05) is 37.3 Å². The monoisotopic (exact) mass is 463 g/mol. The maximum atomic E-state index is 12.8. The van der Waals surface area contributed by atoms with Gasteiger partial charge in [-0.2, -0.15) is 13.2 Å². The quantitative estimate of drug-likeness (QED) is 0.548. The zero-order chi connectivity index (χ0) is 23.8. The van der Waals surface area contributed by atoms with Crippen LogP contribution in [0.4, 0.5) is 18.9 Å². The van der Waals surface area contributed by atoms with Crippen molar-refractivity contribution in [2.24, 2.45) is 0 Å². The molecule has 6 nitrogen and oxygen atoms in total. The van der Waals surface area contributed by atoms with E-state index in [4.69, 9.17) is 4.74 Å². The molecule has 2 aromatic carbocycles. The van der Waals surface area contributed by atoms with E-state index in [-0.39, 0.29) is 25.6 Å². The fraction of sp³-hybridized carbons (Fsp3) is 0.417. The highest BCUT2D eigenvalue weighted by Gasteiger charge is 2.30. The molecule has 0 spiro atoms. The fourth-order valence-electron chi connectivity index (χ4n) is 3.71. The summed E-state index contributed by atoms with van der Waals surface area (Å²) in [7, 11) is 0. The number of hydrogen-bond donors (Lipinski definition) is 3. The molecule has 0 aliphatic carbocycles. The molecule has 0 radical (unpaired) electrons. The standard InChI is InChI=1S/C24H28F3N3O3/c1-2-21-19-15-17(6-7-20(19)28-12-13-33-21)9-11-30-23(32)22(31)29-10-8-16-4-3-5-18(14-16)24(25,26)27/h3-7,14-15,21,28H,2,8-13H2,1H3,(H,29,31)(H,30,32)/t21-/m0/s1. The minimum Gasteiger partial charge on any atom is -0.382 e. The summed E-state index contributed by atoms with van der Waals surface area (Å²) in [5.41, 5.74) is 2.84. The molecule has 1 heterocycles. The van der Waals surface area contributed by atoms with Gasteiger partial charge in [-0.25, -0.2) is 0 Å². The number of ether oxygens (including phenoxy) is 1. The van der Waals surface area contributed by atoms with E-state index in [9.17, 15) is 22.8 Å². The maximum absolute atomic E-state index is 12.8. The Morgan fingerprint density at radius 2 is 1.70 bits per heavy atom. The number of hydrogen-bond acceptors (Lipinski definition) is 4. The highest BCUT2D eigenvalue weighted by atomic mass is 19.4. The van der Waals surface area contributed by atoms with Gasteiger partial charge in [0, 0.05) is 30.9 Å². The summed E-state index contributed by atoms with van der Waals surface area (Å²) >= 11 is 0. The number of anilines is 1. The Hall–Kier alpha value is -3.07. The van der Waals surface area contributed by atoms with Crippen molar-refractivity contribution in [3.63, 3.8) is 0 Å². The van der Waals surface area contributed by atoms with Crippen LogP contribution in [-0.4, -0.2) is 38.1 Å². The third kappa shape index (κ3) is 6.95. The second-order valence-corrected chi connectivity index (χ2v) is 7.83. The molecule has 0 fully saturated rings. The zero-order valence-electron chi connectivity index (χ0n) is 18.4. The molecule has 1 aliphatic heterocycles. The summed E-state index contributed by atoms with van der Waals surface area (Å²) in [5.74, 6) is -1.59. The lowest BCUT2D eigenvalue weighted by Gasteiger charge is -2.17. The van der Waals surface area contributed by atoms with E-state index in [1.54, 1.807) is 6.07 Å². The van der Waals surface area contributed by atoms with Gasteiger partial charge in [0.2, 0.25) is 0 Å². The van der Waals surface area contributed by atoms with Gasteiger partial charge in [0.25, 0.3) is 0 Å². The van der Waals surface area contributed by atoms with Crippen LogP contribution in [0.2, 0.25) is 0 Å². The smallest absolute Gasteiger partial charge is 0.382 e. The number of halogens is 3. The highest BCUT2D eigenvalue weighted by molar-refractivity contribution is 6.35. The van der Waals surface area contributed by atoms with E-state index in [1.165, 1.54) is 6.07 Å². The second kappa shape index (κ2) is 11.2. The Labute approximate surface area is 190 Å². The Balaban J connectivity index is 1.44.